The third kappa shape index (κ3) is 2.71. The highest BCUT2D eigenvalue weighted by Gasteiger charge is 2.40. The molecule has 0 aromatic heterocycles. The molecule has 108 valence electrons. The first-order valence-electron chi connectivity index (χ1n) is 6.27. The van der Waals surface area contributed by atoms with Gasteiger partial charge in [-0.15, -0.1) is 0 Å². The van der Waals surface area contributed by atoms with E-state index in [9.17, 15) is 14.7 Å². The zero-order valence-corrected chi connectivity index (χ0v) is 12.9. The van der Waals surface area contributed by atoms with Crippen molar-refractivity contribution in [3.8, 4) is 0 Å². The second-order valence-electron chi connectivity index (χ2n) is 4.84. The fourth-order valence-electron chi connectivity index (χ4n) is 2.39. The molecule has 2 atom stereocenters. The number of methoxy groups -OCH3 is 1. The molecule has 0 radical (unpaired) electrons. The molecule has 1 saturated heterocycles. The molecular weight excluding hydrogens is 326 g/mol. The lowest BCUT2D eigenvalue weighted by molar-refractivity contribution is -0.141. The maximum Gasteiger partial charge on any atom is 0.326 e. The van der Waals surface area contributed by atoms with Gasteiger partial charge in [-0.3, -0.25) is 4.79 Å². The lowest BCUT2D eigenvalue weighted by Gasteiger charge is -2.22. The van der Waals surface area contributed by atoms with Crippen molar-refractivity contribution in [2.75, 3.05) is 13.7 Å². The molecule has 0 bridgehead atoms. The van der Waals surface area contributed by atoms with Crippen LogP contribution < -0.4 is 0 Å². The number of aryl methyl sites for hydroxylation is 1. The molecule has 1 aliphatic rings. The predicted molar refractivity (Wildman–Crippen MR) is 76.8 cm³/mol. The van der Waals surface area contributed by atoms with Crippen molar-refractivity contribution in [3.05, 3.63) is 33.8 Å². The molecule has 1 aliphatic heterocycles. The molecule has 2 rings (SSSR count). The van der Waals surface area contributed by atoms with Gasteiger partial charge >= 0.3 is 5.97 Å². The van der Waals surface area contributed by atoms with E-state index in [2.05, 4.69) is 15.9 Å². The predicted octanol–water partition coefficient (Wildman–Crippen LogP) is 2.07. The van der Waals surface area contributed by atoms with Gasteiger partial charge in [-0.2, -0.15) is 0 Å². The average molecular weight is 342 g/mol. The molecule has 1 aromatic carbocycles. The lowest BCUT2D eigenvalue weighted by atomic mass is 10.1. The van der Waals surface area contributed by atoms with Crippen molar-refractivity contribution in [2.45, 2.75) is 25.5 Å². The second-order valence-corrected chi connectivity index (χ2v) is 5.63. The van der Waals surface area contributed by atoms with E-state index in [4.69, 9.17) is 4.74 Å². The molecule has 2 unspecified atom stereocenters. The van der Waals surface area contributed by atoms with Crippen molar-refractivity contribution in [2.24, 2.45) is 0 Å². The zero-order valence-electron chi connectivity index (χ0n) is 11.3. The van der Waals surface area contributed by atoms with Crippen molar-refractivity contribution < 1.29 is 19.4 Å². The summed E-state index contributed by atoms with van der Waals surface area (Å²) < 4.78 is 5.90. The first-order chi connectivity index (χ1) is 9.45. The molecule has 0 saturated carbocycles. The third-order valence-corrected chi connectivity index (χ3v) is 4.62. The fraction of sp³-hybridized carbons (Fsp3) is 0.429. The van der Waals surface area contributed by atoms with Gasteiger partial charge in [0.2, 0.25) is 0 Å². The van der Waals surface area contributed by atoms with Crippen LogP contribution in [-0.4, -0.2) is 47.7 Å². The van der Waals surface area contributed by atoms with Crippen LogP contribution in [0, 0.1) is 6.92 Å². The Morgan fingerprint density at radius 3 is 2.75 bits per heavy atom. The van der Waals surface area contributed by atoms with Crippen LogP contribution in [0.2, 0.25) is 0 Å². The van der Waals surface area contributed by atoms with Gasteiger partial charge in [-0.25, -0.2) is 4.79 Å². The first-order valence-corrected chi connectivity index (χ1v) is 7.06. The van der Waals surface area contributed by atoms with E-state index in [1.54, 1.807) is 12.1 Å². The molecule has 1 heterocycles. The second kappa shape index (κ2) is 5.93. The van der Waals surface area contributed by atoms with Crippen LogP contribution in [-0.2, 0) is 9.53 Å². The van der Waals surface area contributed by atoms with Crippen LogP contribution >= 0.6 is 15.9 Å². The number of likely N-dealkylation sites (tertiary alicyclic amines) is 1. The summed E-state index contributed by atoms with van der Waals surface area (Å²) in [7, 11) is 1.53. The van der Waals surface area contributed by atoms with E-state index in [0.717, 1.165) is 5.56 Å². The smallest absolute Gasteiger partial charge is 0.326 e. The standard InChI is InChI=1S/C14H16BrNO4/c1-8-4-3-5-10(12(8)15)13(17)16-7-9(20-2)6-11(16)14(18)19/h3-5,9,11H,6-7H2,1-2H3,(H,18,19). The summed E-state index contributed by atoms with van der Waals surface area (Å²) in [6, 6.07) is 4.53. The van der Waals surface area contributed by atoms with E-state index in [-0.39, 0.29) is 12.0 Å². The van der Waals surface area contributed by atoms with E-state index >= 15 is 0 Å². The Balaban J connectivity index is 2.31. The number of carboxylic acid groups (broad SMARTS) is 1. The monoisotopic (exact) mass is 341 g/mol. The summed E-state index contributed by atoms with van der Waals surface area (Å²) in [5.41, 5.74) is 1.42. The minimum Gasteiger partial charge on any atom is -0.480 e. The van der Waals surface area contributed by atoms with Gasteiger partial charge in [0, 0.05) is 24.5 Å². The Labute approximate surface area is 125 Å². The maximum absolute atomic E-state index is 12.6. The van der Waals surface area contributed by atoms with Gasteiger partial charge in [0.15, 0.2) is 0 Å². The largest absolute Gasteiger partial charge is 0.480 e. The van der Waals surface area contributed by atoms with Crippen LogP contribution in [0.3, 0.4) is 0 Å². The number of carbonyl (C=O) groups excluding carboxylic acids is 1. The topological polar surface area (TPSA) is 66.8 Å². The maximum atomic E-state index is 12.6. The van der Waals surface area contributed by atoms with Gasteiger partial charge in [-0.05, 0) is 34.5 Å². The summed E-state index contributed by atoms with van der Waals surface area (Å²) in [5.74, 6) is -1.28. The minimum absolute atomic E-state index is 0.233. The number of hydrogen-bond donors (Lipinski definition) is 1. The van der Waals surface area contributed by atoms with Crippen LogP contribution in [0.15, 0.2) is 22.7 Å². The highest BCUT2D eigenvalue weighted by molar-refractivity contribution is 9.10. The molecule has 5 nitrogen and oxygen atoms in total. The number of aliphatic carboxylic acids is 1. The summed E-state index contributed by atoms with van der Waals surface area (Å²) in [5, 5.41) is 9.26. The number of halogens is 1. The van der Waals surface area contributed by atoms with E-state index in [1.807, 2.05) is 13.0 Å². The molecular formula is C14H16BrNO4. The summed E-state index contributed by atoms with van der Waals surface area (Å²) in [4.78, 5) is 25.2. The number of rotatable bonds is 3. The Bertz CT molecular complexity index is 546. The van der Waals surface area contributed by atoms with Crippen LogP contribution in [0.1, 0.15) is 22.3 Å². The fourth-order valence-corrected chi connectivity index (χ4v) is 2.83. The lowest BCUT2D eigenvalue weighted by Crippen LogP contribution is -2.40. The molecule has 1 aromatic rings. The first kappa shape index (κ1) is 15.0. The summed E-state index contributed by atoms with van der Waals surface area (Å²) >= 11 is 3.39. The average Bonchev–Trinajstić information content (AvgIpc) is 2.85. The number of amides is 1. The van der Waals surface area contributed by atoms with Gasteiger partial charge < -0.3 is 14.7 Å². The number of nitrogens with zero attached hydrogens (tertiary/aromatic N) is 1. The Morgan fingerprint density at radius 2 is 2.15 bits per heavy atom. The molecule has 0 aliphatic carbocycles. The van der Waals surface area contributed by atoms with Gasteiger partial charge in [0.1, 0.15) is 6.04 Å². The number of hydrogen-bond acceptors (Lipinski definition) is 3. The van der Waals surface area contributed by atoms with Crippen molar-refractivity contribution in [3.63, 3.8) is 0 Å². The van der Waals surface area contributed by atoms with Crippen LogP contribution in [0.5, 0.6) is 0 Å². The van der Waals surface area contributed by atoms with Crippen molar-refractivity contribution >= 4 is 27.8 Å². The molecule has 1 N–H and O–H groups in total. The Hall–Kier alpha value is -1.40. The number of carbonyl (C=O) groups is 2. The molecule has 1 fully saturated rings. The van der Waals surface area contributed by atoms with E-state index in [0.29, 0.717) is 23.0 Å². The molecule has 20 heavy (non-hydrogen) atoms. The van der Waals surface area contributed by atoms with E-state index < -0.39 is 12.0 Å². The summed E-state index contributed by atoms with van der Waals surface area (Å²) in [6.45, 7) is 2.18. The molecule has 6 heteroatoms. The molecule has 1 amide bonds. The number of benzene rings is 1. The SMILES string of the molecule is COC1CC(C(=O)O)N(C(=O)c2cccc(C)c2Br)C1. The highest BCUT2D eigenvalue weighted by Crippen LogP contribution is 2.27. The zero-order chi connectivity index (χ0) is 14.9. The molecule has 0 spiro atoms. The quantitative estimate of drug-likeness (QED) is 0.913. The van der Waals surface area contributed by atoms with Gasteiger partial charge in [-0.1, -0.05) is 12.1 Å². The van der Waals surface area contributed by atoms with Crippen molar-refractivity contribution in [1.29, 1.82) is 0 Å². The summed E-state index contributed by atoms with van der Waals surface area (Å²) in [6.07, 6.45) is 0.0877. The number of carboxylic acids is 1. The third-order valence-electron chi connectivity index (χ3n) is 3.56. The minimum atomic E-state index is -0.998. The van der Waals surface area contributed by atoms with Crippen LogP contribution in [0.4, 0.5) is 0 Å². The normalized spacial score (nSPS) is 22.1. The van der Waals surface area contributed by atoms with Crippen LogP contribution in [0.25, 0.3) is 0 Å². The highest BCUT2D eigenvalue weighted by atomic mass is 79.9. The Kier molecular flexibility index (Phi) is 4.45. The number of ether oxygens (including phenoxy) is 1. The Morgan fingerprint density at radius 1 is 1.45 bits per heavy atom. The van der Waals surface area contributed by atoms with E-state index in [1.165, 1.54) is 12.0 Å². The van der Waals surface area contributed by atoms with Gasteiger partial charge in [0.25, 0.3) is 5.91 Å². The van der Waals surface area contributed by atoms with Crippen molar-refractivity contribution in [1.82, 2.24) is 4.90 Å². The van der Waals surface area contributed by atoms with Gasteiger partial charge in [0.05, 0.1) is 11.7 Å².